The monoisotopic (exact) mass is 217 g/mol. The molecule has 0 saturated heterocycles. The third kappa shape index (κ3) is 2.43. The summed E-state index contributed by atoms with van der Waals surface area (Å²) < 4.78 is 1.76. The van der Waals surface area contributed by atoms with Crippen molar-refractivity contribution in [3.05, 3.63) is 42.0 Å². The molecule has 2 aromatic heterocycles. The molecule has 2 N–H and O–H groups in total. The molecule has 5 nitrogen and oxygen atoms in total. The van der Waals surface area contributed by atoms with Crippen LogP contribution < -0.4 is 5.73 Å². The first kappa shape index (κ1) is 10.8. The van der Waals surface area contributed by atoms with Crippen LogP contribution in [0.25, 0.3) is 0 Å². The van der Waals surface area contributed by atoms with Crippen LogP contribution in [0.1, 0.15) is 30.8 Å². The molecule has 2 aromatic rings. The first-order valence-electron chi connectivity index (χ1n) is 5.35. The van der Waals surface area contributed by atoms with E-state index in [-0.39, 0.29) is 6.04 Å². The van der Waals surface area contributed by atoms with Gasteiger partial charge in [-0.25, -0.2) is 4.68 Å². The van der Waals surface area contributed by atoms with Gasteiger partial charge >= 0.3 is 0 Å². The fraction of sp³-hybridized carbons (Fsp3) is 0.364. The van der Waals surface area contributed by atoms with Crippen LogP contribution in [0.3, 0.4) is 0 Å². The van der Waals surface area contributed by atoms with E-state index in [1.165, 1.54) is 0 Å². The average Bonchev–Trinajstić information content (AvgIpc) is 2.78. The normalized spacial score (nSPS) is 12.6. The Morgan fingerprint density at radius 3 is 3.00 bits per heavy atom. The number of nitrogens with zero attached hydrogens (tertiary/aromatic N) is 4. The first-order valence-corrected chi connectivity index (χ1v) is 5.35. The summed E-state index contributed by atoms with van der Waals surface area (Å²) in [6, 6.07) is 5.78. The maximum absolute atomic E-state index is 5.87. The molecule has 0 spiro atoms. The van der Waals surface area contributed by atoms with E-state index in [1.54, 1.807) is 10.9 Å². The molecular weight excluding hydrogens is 202 g/mol. The molecule has 84 valence electrons. The molecule has 0 amide bonds. The Bertz CT molecular complexity index is 437. The van der Waals surface area contributed by atoms with E-state index in [2.05, 4.69) is 15.3 Å². The first-order chi connectivity index (χ1) is 7.79. The molecule has 0 aliphatic carbocycles. The molecule has 2 rings (SSSR count). The second kappa shape index (κ2) is 4.85. The fourth-order valence-electron chi connectivity index (χ4n) is 1.43. The van der Waals surface area contributed by atoms with Crippen molar-refractivity contribution >= 4 is 0 Å². The Balaban J connectivity index is 2.09. The van der Waals surface area contributed by atoms with E-state index >= 15 is 0 Å². The minimum Gasteiger partial charge on any atom is -0.323 e. The molecule has 0 radical (unpaired) electrons. The summed E-state index contributed by atoms with van der Waals surface area (Å²) in [4.78, 5) is 4.23. The topological polar surface area (TPSA) is 69.6 Å². The molecule has 16 heavy (non-hydrogen) atoms. The minimum atomic E-state index is -0.0301. The largest absolute Gasteiger partial charge is 0.323 e. The number of pyridine rings is 1. The van der Waals surface area contributed by atoms with Gasteiger partial charge in [0.2, 0.25) is 0 Å². The highest BCUT2D eigenvalue weighted by Crippen LogP contribution is 2.09. The molecule has 0 bridgehead atoms. The highest BCUT2D eigenvalue weighted by atomic mass is 15.4. The van der Waals surface area contributed by atoms with E-state index in [0.29, 0.717) is 6.54 Å². The molecule has 1 atom stereocenters. The van der Waals surface area contributed by atoms with Gasteiger partial charge in [0.25, 0.3) is 0 Å². The van der Waals surface area contributed by atoms with Gasteiger partial charge in [-0.3, -0.25) is 4.98 Å². The lowest BCUT2D eigenvalue weighted by molar-refractivity contribution is 0.635. The predicted octanol–water partition coefficient (Wildman–Crippen LogP) is 1.13. The van der Waals surface area contributed by atoms with Crippen LogP contribution in [0.4, 0.5) is 0 Å². The molecule has 2 heterocycles. The summed E-state index contributed by atoms with van der Waals surface area (Å²) in [6.07, 6.45) is 4.51. The fourth-order valence-corrected chi connectivity index (χ4v) is 1.43. The van der Waals surface area contributed by atoms with Crippen LogP contribution in [0, 0.1) is 0 Å². The Kier molecular flexibility index (Phi) is 3.26. The zero-order chi connectivity index (χ0) is 11.4. The SMILES string of the molecule is CCC(N)c1cn(Cc2ccccn2)nn1. The standard InChI is InChI=1S/C11H15N5/c1-2-10(12)11-8-16(15-14-11)7-9-5-3-4-6-13-9/h3-6,8,10H,2,7,12H2,1H3. The van der Waals surface area contributed by atoms with Gasteiger partial charge in [0, 0.05) is 6.20 Å². The van der Waals surface area contributed by atoms with Crippen LogP contribution in [0.5, 0.6) is 0 Å². The molecule has 0 aliphatic rings. The van der Waals surface area contributed by atoms with E-state index in [4.69, 9.17) is 5.73 Å². The highest BCUT2D eigenvalue weighted by molar-refractivity contribution is 5.05. The van der Waals surface area contributed by atoms with Crippen molar-refractivity contribution in [2.45, 2.75) is 25.9 Å². The molecule has 0 aromatic carbocycles. The van der Waals surface area contributed by atoms with E-state index in [1.807, 2.05) is 31.3 Å². The van der Waals surface area contributed by atoms with Gasteiger partial charge in [-0.05, 0) is 18.6 Å². The maximum Gasteiger partial charge on any atom is 0.0994 e. The molecule has 0 aliphatic heterocycles. The summed E-state index contributed by atoms with van der Waals surface area (Å²) in [6.45, 7) is 2.66. The Labute approximate surface area is 94.3 Å². The Hall–Kier alpha value is -1.75. The Morgan fingerprint density at radius 1 is 1.44 bits per heavy atom. The van der Waals surface area contributed by atoms with Crippen LogP contribution >= 0.6 is 0 Å². The van der Waals surface area contributed by atoms with Crippen molar-refractivity contribution in [1.82, 2.24) is 20.0 Å². The van der Waals surface area contributed by atoms with Gasteiger partial charge in [0.15, 0.2) is 0 Å². The van der Waals surface area contributed by atoms with Crippen LogP contribution in [-0.2, 0) is 6.54 Å². The van der Waals surface area contributed by atoms with Crippen LogP contribution in [-0.4, -0.2) is 20.0 Å². The molecule has 0 saturated carbocycles. The van der Waals surface area contributed by atoms with Crippen molar-refractivity contribution in [2.75, 3.05) is 0 Å². The van der Waals surface area contributed by atoms with Crippen molar-refractivity contribution in [2.24, 2.45) is 5.73 Å². The maximum atomic E-state index is 5.87. The number of nitrogens with two attached hydrogens (primary N) is 1. The smallest absolute Gasteiger partial charge is 0.0994 e. The molecule has 1 unspecified atom stereocenters. The predicted molar refractivity (Wildman–Crippen MR) is 60.6 cm³/mol. The van der Waals surface area contributed by atoms with Crippen molar-refractivity contribution in [3.63, 3.8) is 0 Å². The third-order valence-corrected chi connectivity index (χ3v) is 2.43. The van der Waals surface area contributed by atoms with Crippen molar-refractivity contribution in [1.29, 1.82) is 0 Å². The second-order valence-corrected chi connectivity index (χ2v) is 3.68. The zero-order valence-electron chi connectivity index (χ0n) is 9.24. The summed E-state index contributed by atoms with van der Waals surface area (Å²) in [5, 5.41) is 8.07. The van der Waals surface area contributed by atoms with Gasteiger partial charge in [-0.1, -0.05) is 18.2 Å². The van der Waals surface area contributed by atoms with Crippen LogP contribution in [0.15, 0.2) is 30.6 Å². The van der Waals surface area contributed by atoms with Crippen molar-refractivity contribution < 1.29 is 0 Å². The van der Waals surface area contributed by atoms with E-state index in [9.17, 15) is 0 Å². The van der Waals surface area contributed by atoms with Gasteiger partial charge in [0.05, 0.1) is 30.2 Å². The quantitative estimate of drug-likeness (QED) is 0.833. The third-order valence-electron chi connectivity index (χ3n) is 2.43. The average molecular weight is 217 g/mol. The van der Waals surface area contributed by atoms with Gasteiger partial charge < -0.3 is 5.73 Å². The van der Waals surface area contributed by atoms with Gasteiger partial charge in [-0.15, -0.1) is 5.10 Å². The highest BCUT2D eigenvalue weighted by Gasteiger charge is 2.08. The summed E-state index contributed by atoms with van der Waals surface area (Å²) >= 11 is 0. The lowest BCUT2D eigenvalue weighted by Crippen LogP contribution is -2.08. The number of rotatable bonds is 4. The summed E-state index contributed by atoms with van der Waals surface area (Å²) in [5.74, 6) is 0. The lowest BCUT2D eigenvalue weighted by atomic mass is 10.2. The Morgan fingerprint density at radius 2 is 2.31 bits per heavy atom. The summed E-state index contributed by atoms with van der Waals surface area (Å²) in [7, 11) is 0. The van der Waals surface area contributed by atoms with Crippen molar-refractivity contribution in [3.8, 4) is 0 Å². The lowest BCUT2D eigenvalue weighted by Gasteiger charge is -2.02. The molecule has 0 fully saturated rings. The molecule has 5 heteroatoms. The number of aromatic nitrogens is 4. The molecular formula is C11H15N5. The summed E-state index contributed by atoms with van der Waals surface area (Å²) in [5.41, 5.74) is 7.66. The zero-order valence-corrected chi connectivity index (χ0v) is 9.24. The van der Waals surface area contributed by atoms with Gasteiger partial charge in [0.1, 0.15) is 0 Å². The van der Waals surface area contributed by atoms with Crippen LogP contribution in [0.2, 0.25) is 0 Å². The van der Waals surface area contributed by atoms with E-state index in [0.717, 1.165) is 17.8 Å². The minimum absolute atomic E-state index is 0.0301. The van der Waals surface area contributed by atoms with Gasteiger partial charge in [-0.2, -0.15) is 0 Å². The second-order valence-electron chi connectivity index (χ2n) is 3.68. The van der Waals surface area contributed by atoms with E-state index < -0.39 is 0 Å². The number of hydrogen-bond acceptors (Lipinski definition) is 4. The number of hydrogen-bond donors (Lipinski definition) is 1.